The van der Waals surface area contributed by atoms with Gasteiger partial charge in [-0.05, 0) is 24.6 Å². The van der Waals surface area contributed by atoms with E-state index in [0.29, 0.717) is 17.5 Å². The van der Waals surface area contributed by atoms with Crippen LogP contribution < -0.4 is 14.4 Å². The van der Waals surface area contributed by atoms with E-state index in [1.54, 1.807) is 16.7 Å². The van der Waals surface area contributed by atoms with Crippen LogP contribution in [0.15, 0.2) is 47.4 Å². The SMILES string of the molecule is COc1ccc([N+](=O)[O-])cc1OCC(=O)N1CCC(C)Sc2ccccc21. The number of ether oxygens (including phenoxy) is 2. The number of non-ortho nitro benzene ring substituents is 1. The van der Waals surface area contributed by atoms with Gasteiger partial charge in [0.15, 0.2) is 18.1 Å². The van der Waals surface area contributed by atoms with Gasteiger partial charge in [-0.1, -0.05) is 19.1 Å². The van der Waals surface area contributed by atoms with E-state index in [1.807, 2.05) is 24.3 Å². The quantitative estimate of drug-likeness (QED) is 0.571. The molecule has 1 aliphatic heterocycles. The molecule has 27 heavy (non-hydrogen) atoms. The van der Waals surface area contributed by atoms with Crippen LogP contribution in [0.2, 0.25) is 0 Å². The molecule has 0 N–H and O–H groups in total. The van der Waals surface area contributed by atoms with E-state index in [4.69, 9.17) is 9.47 Å². The Kier molecular flexibility index (Phi) is 5.85. The Balaban J connectivity index is 1.78. The van der Waals surface area contributed by atoms with Crippen LogP contribution in [-0.4, -0.2) is 36.3 Å². The van der Waals surface area contributed by atoms with Gasteiger partial charge in [0, 0.05) is 22.8 Å². The molecule has 7 nitrogen and oxygen atoms in total. The number of anilines is 1. The molecule has 2 aromatic rings. The van der Waals surface area contributed by atoms with Crippen molar-refractivity contribution in [2.45, 2.75) is 23.5 Å². The Bertz CT molecular complexity index is 858. The lowest BCUT2D eigenvalue weighted by Crippen LogP contribution is -2.36. The van der Waals surface area contributed by atoms with Gasteiger partial charge in [0.1, 0.15) is 0 Å². The number of nitrogens with zero attached hydrogens (tertiary/aromatic N) is 2. The van der Waals surface area contributed by atoms with Gasteiger partial charge in [-0.3, -0.25) is 14.9 Å². The van der Waals surface area contributed by atoms with E-state index in [2.05, 4.69) is 6.92 Å². The van der Waals surface area contributed by atoms with Gasteiger partial charge in [0.05, 0.1) is 23.8 Å². The Morgan fingerprint density at radius 1 is 1.30 bits per heavy atom. The lowest BCUT2D eigenvalue weighted by molar-refractivity contribution is -0.385. The first-order chi connectivity index (χ1) is 13.0. The Hall–Kier alpha value is -2.74. The van der Waals surface area contributed by atoms with Gasteiger partial charge in [0.2, 0.25) is 0 Å². The zero-order valence-corrected chi connectivity index (χ0v) is 15.9. The zero-order valence-electron chi connectivity index (χ0n) is 15.1. The normalized spacial score (nSPS) is 16.2. The van der Waals surface area contributed by atoms with Crippen molar-refractivity contribution in [3.63, 3.8) is 0 Å². The van der Waals surface area contributed by atoms with Gasteiger partial charge in [-0.2, -0.15) is 0 Å². The first-order valence-electron chi connectivity index (χ1n) is 8.51. The predicted molar refractivity (Wildman–Crippen MR) is 104 cm³/mol. The second-order valence-corrected chi connectivity index (χ2v) is 7.59. The number of fused-ring (bicyclic) bond motifs is 1. The molecule has 0 aromatic heterocycles. The standard InChI is InChI=1S/C19H20N2O5S/c1-13-9-10-20(15-5-3-4-6-18(15)27-13)19(22)12-26-17-11-14(21(23)24)7-8-16(17)25-2/h3-8,11,13H,9-10,12H2,1-2H3. The molecule has 0 saturated heterocycles. The predicted octanol–water partition coefficient (Wildman–Crippen LogP) is 3.90. The molecule has 1 atom stereocenters. The number of thioether (sulfide) groups is 1. The summed E-state index contributed by atoms with van der Waals surface area (Å²) in [5, 5.41) is 11.4. The first-order valence-corrected chi connectivity index (χ1v) is 9.39. The number of nitro groups is 1. The van der Waals surface area contributed by atoms with E-state index in [0.717, 1.165) is 17.0 Å². The lowest BCUT2D eigenvalue weighted by atomic mass is 10.2. The number of carbonyl (C=O) groups excluding carboxylic acids is 1. The molecule has 1 heterocycles. The van der Waals surface area contributed by atoms with Crippen LogP contribution in [0.1, 0.15) is 13.3 Å². The number of carbonyl (C=O) groups is 1. The second-order valence-electron chi connectivity index (χ2n) is 6.11. The molecule has 0 bridgehead atoms. The highest BCUT2D eigenvalue weighted by Crippen LogP contribution is 2.37. The molecule has 142 valence electrons. The van der Waals surface area contributed by atoms with Crippen LogP contribution >= 0.6 is 11.8 Å². The van der Waals surface area contributed by atoms with E-state index < -0.39 is 4.92 Å². The third-order valence-corrected chi connectivity index (χ3v) is 5.49. The number of rotatable bonds is 5. The van der Waals surface area contributed by atoms with Crippen molar-refractivity contribution in [2.24, 2.45) is 0 Å². The van der Waals surface area contributed by atoms with Crippen molar-refractivity contribution in [1.29, 1.82) is 0 Å². The summed E-state index contributed by atoms with van der Waals surface area (Å²) in [4.78, 5) is 26.1. The maximum atomic E-state index is 12.8. The minimum atomic E-state index is -0.516. The highest BCUT2D eigenvalue weighted by atomic mass is 32.2. The summed E-state index contributed by atoms with van der Waals surface area (Å²) in [6.07, 6.45) is 0.866. The molecule has 3 rings (SSSR count). The highest BCUT2D eigenvalue weighted by molar-refractivity contribution is 8.00. The van der Waals surface area contributed by atoms with Crippen LogP contribution in [0.3, 0.4) is 0 Å². The van der Waals surface area contributed by atoms with Crippen LogP contribution in [-0.2, 0) is 4.79 Å². The summed E-state index contributed by atoms with van der Waals surface area (Å²) in [5.41, 5.74) is 0.745. The molecule has 0 aliphatic carbocycles. The summed E-state index contributed by atoms with van der Waals surface area (Å²) in [5.74, 6) is 0.311. The molecule has 0 fully saturated rings. The van der Waals surface area contributed by atoms with E-state index in [1.165, 1.54) is 25.3 Å². The molecule has 1 amide bonds. The fourth-order valence-corrected chi connectivity index (χ4v) is 3.97. The zero-order chi connectivity index (χ0) is 19.4. The van der Waals surface area contributed by atoms with Crippen LogP contribution in [0, 0.1) is 10.1 Å². The smallest absolute Gasteiger partial charge is 0.273 e. The van der Waals surface area contributed by atoms with Crippen LogP contribution in [0.4, 0.5) is 11.4 Å². The molecule has 1 unspecified atom stereocenters. The number of amides is 1. The van der Waals surface area contributed by atoms with E-state index >= 15 is 0 Å². The minimum Gasteiger partial charge on any atom is -0.493 e. The van der Waals surface area contributed by atoms with Crippen molar-refractivity contribution >= 4 is 29.0 Å². The molecule has 0 radical (unpaired) electrons. The van der Waals surface area contributed by atoms with Gasteiger partial charge < -0.3 is 14.4 Å². The molecule has 0 saturated carbocycles. The van der Waals surface area contributed by atoms with Crippen molar-refractivity contribution in [3.05, 3.63) is 52.6 Å². The highest BCUT2D eigenvalue weighted by Gasteiger charge is 2.25. The monoisotopic (exact) mass is 388 g/mol. The summed E-state index contributed by atoms with van der Waals surface area (Å²) >= 11 is 1.75. The number of nitro benzene ring substituents is 1. The van der Waals surface area contributed by atoms with Gasteiger partial charge in [-0.25, -0.2) is 0 Å². The second kappa shape index (κ2) is 8.30. The third kappa shape index (κ3) is 4.33. The lowest BCUT2D eigenvalue weighted by Gasteiger charge is -2.22. The van der Waals surface area contributed by atoms with Crippen molar-refractivity contribution in [3.8, 4) is 11.5 Å². The molecule has 0 spiro atoms. The average Bonchev–Trinajstić information content (AvgIpc) is 2.84. The fourth-order valence-electron chi connectivity index (χ4n) is 2.86. The topological polar surface area (TPSA) is 81.9 Å². The number of hydrogen-bond acceptors (Lipinski definition) is 6. The maximum absolute atomic E-state index is 12.8. The largest absolute Gasteiger partial charge is 0.493 e. The number of para-hydroxylation sites is 1. The molecule has 8 heteroatoms. The molecule has 2 aromatic carbocycles. The van der Waals surface area contributed by atoms with Crippen LogP contribution in [0.25, 0.3) is 0 Å². The third-order valence-electron chi connectivity index (χ3n) is 4.25. The maximum Gasteiger partial charge on any atom is 0.273 e. The fraction of sp³-hybridized carbons (Fsp3) is 0.316. The summed E-state index contributed by atoms with van der Waals surface area (Å²) < 4.78 is 10.8. The van der Waals surface area contributed by atoms with Crippen molar-refractivity contribution < 1.29 is 19.2 Å². The van der Waals surface area contributed by atoms with Crippen LogP contribution in [0.5, 0.6) is 11.5 Å². The summed E-state index contributed by atoms with van der Waals surface area (Å²) in [6, 6.07) is 11.8. The molecular weight excluding hydrogens is 368 g/mol. The molecular formula is C19H20N2O5S. The minimum absolute atomic E-state index is 0.122. The Labute approximate surface area is 161 Å². The van der Waals surface area contributed by atoms with Gasteiger partial charge >= 0.3 is 0 Å². The summed E-state index contributed by atoms with van der Waals surface area (Å²) in [7, 11) is 1.44. The number of methoxy groups -OCH3 is 1. The first kappa shape index (κ1) is 19.0. The Morgan fingerprint density at radius 2 is 2.07 bits per heavy atom. The van der Waals surface area contributed by atoms with E-state index in [9.17, 15) is 14.9 Å². The summed E-state index contributed by atoms with van der Waals surface area (Å²) in [6.45, 7) is 2.50. The molecule has 1 aliphatic rings. The Morgan fingerprint density at radius 3 is 2.81 bits per heavy atom. The van der Waals surface area contributed by atoms with E-state index in [-0.39, 0.29) is 24.0 Å². The van der Waals surface area contributed by atoms with Crippen molar-refractivity contribution in [1.82, 2.24) is 0 Å². The number of hydrogen-bond donors (Lipinski definition) is 0. The number of benzene rings is 2. The van der Waals surface area contributed by atoms with Gasteiger partial charge in [-0.15, -0.1) is 11.8 Å². The van der Waals surface area contributed by atoms with Crippen molar-refractivity contribution in [2.75, 3.05) is 25.2 Å². The van der Waals surface area contributed by atoms with Gasteiger partial charge in [0.25, 0.3) is 11.6 Å². The average molecular weight is 388 g/mol.